The van der Waals surface area contributed by atoms with Gasteiger partial charge in [0.25, 0.3) is 5.69 Å². The number of nitrogens with zero attached hydrogens (tertiary/aromatic N) is 1. The zero-order valence-corrected chi connectivity index (χ0v) is 11.3. The van der Waals surface area contributed by atoms with E-state index < -0.39 is 4.92 Å². The first-order valence-corrected chi connectivity index (χ1v) is 6.13. The molecule has 0 unspecified atom stereocenters. The molecule has 0 radical (unpaired) electrons. The number of rotatable bonds is 10. The molecule has 0 saturated carbocycles. The number of hydrogen-bond donors (Lipinski definition) is 2. The Kier molecular flexibility index (Phi) is 7.33. The maximum Gasteiger partial charge on any atom is 0.275 e. The van der Waals surface area contributed by atoms with E-state index in [1.807, 2.05) is 0 Å². The predicted octanol–water partition coefficient (Wildman–Crippen LogP) is 1.31. The maximum atomic E-state index is 10.7. The van der Waals surface area contributed by atoms with Crippen molar-refractivity contribution >= 4 is 11.4 Å². The van der Waals surface area contributed by atoms with Crippen molar-refractivity contribution in [1.29, 1.82) is 0 Å². The summed E-state index contributed by atoms with van der Waals surface area (Å²) in [6.07, 6.45) is 0.814. The quantitative estimate of drug-likeness (QED) is 0.289. The molecule has 0 aliphatic heterocycles. The van der Waals surface area contributed by atoms with E-state index in [1.165, 1.54) is 12.1 Å². The van der Waals surface area contributed by atoms with Crippen LogP contribution < -0.4 is 16.0 Å². The van der Waals surface area contributed by atoms with Crippen molar-refractivity contribution in [2.24, 2.45) is 5.84 Å². The smallest absolute Gasteiger partial charge is 0.275 e. The highest BCUT2D eigenvalue weighted by atomic mass is 16.6. The second-order valence-corrected chi connectivity index (χ2v) is 3.92. The number of nitro benzene ring substituents is 1. The molecule has 0 bridgehead atoms. The van der Waals surface area contributed by atoms with Gasteiger partial charge in [0.15, 0.2) is 0 Å². The van der Waals surface area contributed by atoms with Gasteiger partial charge in [-0.15, -0.1) is 0 Å². The fourth-order valence-electron chi connectivity index (χ4n) is 1.48. The molecule has 0 aromatic heterocycles. The van der Waals surface area contributed by atoms with Crippen LogP contribution in [-0.2, 0) is 9.47 Å². The van der Waals surface area contributed by atoms with Gasteiger partial charge in [0, 0.05) is 32.5 Å². The van der Waals surface area contributed by atoms with Crippen molar-refractivity contribution in [3.8, 4) is 5.75 Å². The first-order chi connectivity index (χ1) is 9.67. The Balaban J connectivity index is 2.39. The topological polar surface area (TPSA) is 109 Å². The van der Waals surface area contributed by atoms with Crippen LogP contribution in [0.2, 0.25) is 0 Å². The van der Waals surface area contributed by atoms with Gasteiger partial charge in [-0.2, -0.15) is 0 Å². The van der Waals surface area contributed by atoms with Crippen molar-refractivity contribution < 1.29 is 19.1 Å². The van der Waals surface area contributed by atoms with Gasteiger partial charge in [-0.3, -0.25) is 16.0 Å². The minimum absolute atomic E-state index is 0.0866. The maximum absolute atomic E-state index is 10.7. The van der Waals surface area contributed by atoms with E-state index in [2.05, 4.69) is 5.43 Å². The Morgan fingerprint density at radius 3 is 2.70 bits per heavy atom. The molecule has 20 heavy (non-hydrogen) atoms. The molecule has 0 aliphatic rings. The molecular weight excluding hydrogens is 266 g/mol. The number of benzene rings is 1. The molecule has 1 rings (SSSR count). The van der Waals surface area contributed by atoms with Crippen LogP contribution in [0.1, 0.15) is 6.42 Å². The lowest BCUT2D eigenvalue weighted by atomic mass is 10.2. The van der Waals surface area contributed by atoms with Crippen molar-refractivity contribution in [2.75, 3.05) is 39.0 Å². The Hall–Kier alpha value is -1.90. The second-order valence-electron chi connectivity index (χ2n) is 3.92. The summed E-state index contributed by atoms with van der Waals surface area (Å²) in [6.45, 7) is 1.94. The number of anilines is 1. The van der Waals surface area contributed by atoms with Crippen LogP contribution >= 0.6 is 0 Å². The molecule has 0 saturated heterocycles. The third kappa shape index (κ3) is 5.83. The zero-order valence-electron chi connectivity index (χ0n) is 11.3. The summed E-state index contributed by atoms with van der Waals surface area (Å²) in [7, 11) is 1.63. The number of nitrogens with one attached hydrogen (secondary N) is 1. The molecule has 112 valence electrons. The van der Waals surface area contributed by atoms with Crippen LogP contribution in [0.5, 0.6) is 5.75 Å². The predicted molar refractivity (Wildman–Crippen MR) is 73.7 cm³/mol. The minimum atomic E-state index is -0.505. The highest BCUT2D eigenvalue weighted by molar-refractivity contribution is 5.55. The molecule has 0 atom stereocenters. The second kappa shape index (κ2) is 9.08. The monoisotopic (exact) mass is 285 g/mol. The van der Waals surface area contributed by atoms with E-state index in [0.717, 1.165) is 6.42 Å². The van der Waals surface area contributed by atoms with Crippen LogP contribution in [0, 0.1) is 10.1 Å². The van der Waals surface area contributed by atoms with E-state index in [4.69, 9.17) is 20.1 Å². The molecule has 0 aliphatic carbocycles. The Morgan fingerprint density at radius 2 is 2.05 bits per heavy atom. The standard InChI is InChI=1S/C12H19N3O5/c1-18-3-2-4-19-5-6-20-12-8-10(14-13)7-11(9-12)15(16)17/h7-9,14H,2-6,13H2,1H3. The molecular formula is C12H19N3O5. The third-order valence-corrected chi connectivity index (χ3v) is 2.40. The van der Waals surface area contributed by atoms with Crippen LogP contribution in [0.3, 0.4) is 0 Å². The van der Waals surface area contributed by atoms with Gasteiger partial charge in [0.05, 0.1) is 23.3 Å². The summed E-state index contributed by atoms with van der Waals surface area (Å²) >= 11 is 0. The number of methoxy groups -OCH3 is 1. The largest absolute Gasteiger partial charge is 0.491 e. The molecule has 8 heteroatoms. The Bertz CT molecular complexity index is 428. The summed E-state index contributed by atoms with van der Waals surface area (Å²) in [5.74, 6) is 5.61. The minimum Gasteiger partial charge on any atom is -0.491 e. The molecule has 8 nitrogen and oxygen atoms in total. The normalized spacial score (nSPS) is 10.3. The Morgan fingerprint density at radius 1 is 1.25 bits per heavy atom. The number of nitro groups is 1. The van der Waals surface area contributed by atoms with Gasteiger partial charge < -0.3 is 19.6 Å². The van der Waals surface area contributed by atoms with Gasteiger partial charge >= 0.3 is 0 Å². The van der Waals surface area contributed by atoms with Crippen LogP contribution in [0.15, 0.2) is 18.2 Å². The number of nitrogen functional groups attached to an aromatic ring is 1. The lowest BCUT2D eigenvalue weighted by Crippen LogP contribution is -2.10. The number of hydrogen-bond acceptors (Lipinski definition) is 7. The lowest BCUT2D eigenvalue weighted by molar-refractivity contribution is -0.384. The van der Waals surface area contributed by atoms with Crippen LogP contribution in [0.4, 0.5) is 11.4 Å². The molecule has 3 N–H and O–H groups in total. The SMILES string of the molecule is COCCCOCCOc1cc(NN)cc([N+](=O)[O-])c1. The van der Waals surface area contributed by atoms with Crippen LogP contribution in [0.25, 0.3) is 0 Å². The average molecular weight is 285 g/mol. The first-order valence-electron chi connectivity index (χ1n) is 6.13. The fourth-order valence-corrected chi connectivity index (χ4v) is 1.48. The van der Waals surface area contributed by atoms with E-state index in [1.54, 1.807) is 13.2 Å². The third-order valence-electron chi connectivity index (χ3n) is 2.40. The molecule has 1 aromatic carbocycles. The summed E-state index contributed by atoms with van der Waals surface area (Å²) in [5.41, 5.74) is 2.68. The number of nitrogens with two attached hydrogens (primary N) is 1. The average Bonchev–Trinajstić information content (AvgIpc) is 2.46. The van der Waals surface area contributed by atoms with Crippen molar-refractivity contribution in [1.82, 2.24) is 0 Å². The van der Waals surface area contributed by atoms with Gasteiger partial charge in [-0.05, 0) is 6.42 Å². The van der Waals surface area contributed by atoms with Gasteiger partial charge in [-0.1, -0.05) is 0 Å². The highest BCUT2D eigenvalue weighted by Crippen LogP contribution is 2.25. The van der Waals surface area contributed by atoms with Gasteiger partial charge in [0.2, 0.25) is 0 Å². The summed E-state index contributed by atoms with van der Waals surface area (Å²) in [6, 6.07) is 4.25. The lowest BCUT2D eigenvalue weighted by Gasteiger charge is -2.08. The van der Waals surface area contributed by atoms with Crippen molar-refractivity contribution in [2.45, 2.75) is 6.42 Å². The van der Waals surface area contributed by atoms with E-state index in [9.17, 15) is 10.1 Å². The summed E-state index contributed by atoms with van der Waals surface area (Å²) in [5, 5.41) is 10.7. The van der Waals surface area contributed by atoms with E-state index >= 15 is 0 Å². The highest BCUT2D eigenvalue weighted by Gasteiger charge is 2.10. The molecule has 0 heterocycles. The van der Waals surface area contributed by atoms with Gasteiger partial charge in [0.1, 0.15) is 12.4 Å². The van der Waals surface area contributed by atoms with E-state index in [-0.39, 0.29) is 5.69 Å². The number of non-ortho nitro benzene ring substituents is 1. The molecule has 1 aromatic rings. The summed E-state index contributed by atoms with van der Waals surface area (Å²) < 4.78 is 15.6. The number of ether oxygens (including phenoxy) is 3. The number of hydrazine groups is 1. The van der Waals surface area contributed by atoms with Crippen molar-refractivity contribution in [3.05, 3.63) is 28.3 Å². The zero-order chi connectivity index (χ0) is 14.8. The van der Waals surface area contributed by atoms with Crippen LogP contribution in [-0.4, -0.2) is 38.5 Å². The Labute approximate surface area is 116 Å². The fraction of sp³-hybridized carbons (Fsp3) is 0.500. The van der Waals surface area contributed by atoms with Crippen molar-refractivity contribution in [3.63, 3.8) is 0 Å². The van der Waals surface area contributed by atoms with Gasteiger partial charge in [-0.25, -0.2) is 0 Å². The first kappa shape index (κ1) is 16.2. The molecule has 0 amide bonds. The molecule has 0 spiro atoms. The summed E-state index contributed by atoms with van der Waals surface area (Å²) in [4.78, 5) is 10.2. The molecule has 0 fully saturated rings. The van der Waals surface area contributed by atoms with E-state index in [0.29, 0.717) is 37.9 Å².